The summed E-state index contributed by atoms with van der Waals surface area (Å²) in [7, 11) is 0. The van der Waals surface area contributed by atoms with Gasteiger partial charge in [0.1, 0.15) is 5.82 Å². The van der Waals surface area contributed by atoms with Crippen LogP contribution in [-0.4, -0.2) is 23.1 Å². The van der Waals surface area contributed by atoms with Gasteiger partial charge in [-0.15, -0.1) is 0 Å². The van der Waals surface area contributed by atoms with Crippen molar-refractivity contribution >= 4 is 40.5 Å². The molecule has 0 atom stereocenters. The SMILES string of the molecule is Cc1ccc2nc(/C=C/c3ccc(Cl)cc3)nc(NCC[NH3+])c2c1. The number of halogens is 1. The zero-order valence-electron chi connectivity index (χ0n) is 13.6. The zero-order valence-corrected chi connectivity index (χ0v) is 14.3. The zero-order chi connectivity index (χ0) is 16.9. The fraction of sp³-hybridized carbons (Fsp3) is 0.158. The summed E-state index contributed by atoms with van der Waals surface area (Å²) in [4.78, 5) is 9.29. The van der Waals surface area contributed by atoms with Crippen molar-refractivity contribution in [1.82, 2.24) is 9.97 Å². The Morgan fingerprint density at radius 1 is 1.08 bits per heavy atom. The Morgan fingerprint density at radius 3 is 2.62 bits per heavy atom. The Morgan fingerprint density at radius 2 is 1.88 bits per heavy atom. The van der Waals surface area contributed by atoms with E-state index in [-0.39, 0.29) is 0 Å². The molecule has 3 rings (SSSR count). The van der Waals surface area contributed by atoms with Crippen molar-refractivity contribution in [3.63, 3.8) is 0 Å². The van der Waals surface area contributed by atoms with Crippen LogP contribution in [0, 0.1) is 6.92 Å². The van der Waals surface area contributed by atoms with Crippen molar-refractivity contribution in [3.8, 4) is 0 Å². The molecule has 4 nitrogen and oxygen atoms in total. The van der Waals surface area contributed by atoms with Crippen molar-refractivity contribution in [2.24, 2.45) is 0 Å². The Balaban J connectivity index is 1.98. The Bertz CT molecular complexity index is 872. The van der Waals surface area contributed by atoms with E-state index in [4.69, 9.17) is 11.6 Å². The minimum Gasteiger partial charge on any atom is -0.364 e. The first-order chi connectivity index (χ1) is 11.7. The fourth-order valence-electron chi connectivity index (χ4n) is 2.42. The lowest BCUT2D eigenvalue weighted by molar-refractivity contribution is -0.362. The molecule has 1 heterocycles. The fourth-order valence-corrected chi connectivity index (χ4v) is 2.55. The molecule has 122 valence electrons. The highest BCUT2D eigenvalue weighted by Gasteiger charge is 2.06. The van der Waals surface area contributed by atoms with Gasteiger partial charge in [-0.05, 0) is 42.8 Å². The molecule has 0 saturated heterocycles. The topological polar surface area (TPSA) is 65.5 Å². The van der Waals surface area contributed by atoms with Gasteiger partial charge >= 0.3 is 0 Å². The number of hydrogen-bond donors (Lipinski definition) is 2. The summed E-state index contributed by atoms with van der Waals surface area (Å²) in [5, 5.41) is 5.11. The minimum atomic E-state index is 0.674. The number of hydrogen-bond acceptors (Lipinski definition) is 3. The molecule has 0 aliphatic heterocycles. The molecule has 0 spiro atoms. The van der Waals surface area contributed by atoms with Gasteiger partial charge < -0.3 is 11.1 Å². The van der Waals surface area contributed by atoms with Crippen LogP contribution in [0.4, 0.5) is 5.82 Å². The van der Waals surface area contributed by atoms with E-state index >= 15 is 0 Å². The van der Waals surface area contributed by atoms with Gasteiger partial charge in [0.05, 0.1) is 18.6 Å². The summed E-state index contributed by atoms with van der Waals surface area (Å²) in [6, 6.07) is 13.9. The summed E-state index contributed by atoms with van der Waals surface area (Å²) in [5.74, 6) is 1.52. The van der Waals surface area contributed by atoms with Crippen LogP contribution < -0.4 is 11.1 Å². The maximum Gasteiger partial charge on any atom is 0.154 e. The Labute approximate surface area is 146 Å². The molecular weight excluding hydrogens is 320 g/mol. The Kier molecular flexibility index (Phi) is 5.08. The third-order valence-corrected chi connectivity index (χ3v) is 3.88. The quantitative estimate of drug-likeness (QED) is 0.748. The van der Waals surface area contributed by atoms with Crippen molar-refractivity contribution in [1.29, 1.82) is 0 Å². The summed E-state index contributed by atoms with van der Waals surface area (Å²) in [5.41, 5.74) is 7.04. The number of quaternary nitrogens is 1. The lowest BCUT2D eigenvalue weighted by Crippen LogP contribution is -2.53. The monoisotopic (exact) mass is 339 g/mol. The highest BCUT2D eigenvalue weighted by molar-refractivity contribution is 6.30. The van der Waals surface area contributed by atoms with E-state index in [9.17, 15) is 0 Å². The second kappa shape index (κ2) is 7.43. The molecule has 4 N–H and O–H groups in total. The van der Waals surface area contributed by atoms with Crippen molar-refractivity contribution < 1.29 is 5.73 Å². The molecule has 0 aliphatic carbocycles. The van der Waals surface area contributed by atoms with Crippen molar-refractivity contribution in [2.75, 3.05) is 18.4 Å². The van der Waals surface area contributed by atoms with Gasteiger partial charge in [0.25, 0.3) is 0 Å². The molecule has 0 aliphatic rings. The number of anilines is 1. The second-order valence-electron chi connectivity index (χ2n) is 5.62. The highest BCUT2D eigenvalue weighted by Crippen LogP contribution is 2.22. The van der Waals surface area contributed by atoms with Crippen LogP contribution in [0.1, 0.15) is 17.0 Å². The molecule has 0 fully saturated rings. The number of aryl methyl sites for hydroxylation is 1. The number of nitrogens with zero attached hydrogens (tertiary/aromatic N) is 2. The summed E-state index contributed by atoms with van der Waals surface area (Å²) in [6.07, 6.45) is 3.90. The average Bonchev–Trinajstić information content (AvgIpc) is 2.59. The summed E-state index contributed by atoms with van der Waals surface area (Å²) < 4.78 is 0. The molecule has 0 bridgehead atoms. The van der Waals surface area contributed by atoms with Gasteiger partial charge in [0, 0.05) is 10.4 Å². The molecule has 1 aromatic heterocycles. The van der Waals surface area contributed by atoms with Crippen LogP contribution in [0.15, 0.2) is 42.5 Å². The van der Waals surface area contributed by atoms with Gasteiger partial charge in [-0.25, -0.2) is 9.97 Å². The first-order valence-electron chi connectivity index (χ1n) is 7.91. The largest absolute Gasteiger partial charge is 0.364 e. The van der Waals surface area contributed by atoms with E-state index in [1.165, 1.54) is 5.56 Å². The first-order valence-corrected chi connectivity index (χ1v) is 8.29. The van der Waals surface area contributed by atoms with E-state index in [2.05, 4.69) is 40.1 Å². The normalized spacial score (nSPS) is 11.3. The van der Waals surface area contributed by atoms with E-state index in [1.807, 2.05) is 42.5 Å². The highest BCUT2D eigenvalue weighted by atomic mass is 35.5. The molecule has 0 amide bonds. The van der Waals surface area contributed by atoms with Gasteiger partial charge in [0.2, 0.25) is 0 Å². The first kappa shape index (κ1) is 16.4. The molecule has 3 aromatic rings. The molecular formula is C19H20ClN4+. The van der Waals surface area contributed by atoms with Crippen LogP contribution >= 0.6 is 11.6 Å². The van der Waals surface area contributed by atoms with E-state index < -0.39 is 0 Å². The predicted octanol–water partition coefficient (Wildman–Crippen LogP) is 3.42. The van der Waals surface area contributed by atoms with Gasteiger partial charge in [-0.2, -0.15) is 0 Å². The summed E-state index contributed by atoms with van der Waals surface area (Å²) >= 11 is 5.91. The number of nitrogens with one attached hydrogen (secondary N) is 1. The van der Waals surface area contributed by atoms with Gasteiger partial charge in [-0.3, -0.25) is 0 Å². The van der Waals surface area contributed by atoms with Gasteiger partial charge in [0.15, 0.2) is 5.82 Å². The maximum atomic E-state index is 5.91. The second-order valence-corrected chi connectivity index (χ2v) is 6.05. The molecule has 5 heteroatoms. The van der Waals surface area contributed by atoms with Crippen LogP contribution in [0.2, 0.25) is 5.02 Å². The molecule has 0 radical (unpaired) electrons. The number of rotatable bonds is 5. The molecule has 0 saturated carbocycles. The van der Waals surface area contributed by atoms with Crippen LogP contribution in [-0.2, 0) is 0 Å². The van der Waals surface area contributed by atoms with Crippen LogP contribution in [0.5, 0.6) is 0 Å². The Hall–Kier alpha value is -2.43. The molecule has 24 heavy (non-hydrogen) atoms. The number of benzene rings is 2. The smallest absolute Gasteiger partial charge is 0.154 e. The number of fused-ring (bicyclic) bond motifs is 1. The standard InChI is InChI=1S/C19H19ClN4/c1-13-2-8-17-16(12-13)19(22-11-10-21)24-18(23-17)9-5-14-3-6-15(20)7-4-14/h2-9,12H,10-11,21H2,1H3,(H,22,23,24)/p+1/b9-5+. The van der Waals surface area contributed by atoms with Crippen molar-refractivity contribution in [3.05, 3.63) is 64.4 Å². The third kappa shape index (κ3) is 3.91. The van der Waals surface area contributed by atoms with E-state index in [0.717, 1.165) is 40.4 Å². The van der Waals surface area contributed by atoms with Crippen LogP contribution in [0.25, 0.3) is 23.1 Å². The van der Waals surface area contributed by atoms with E-state index in [0.29, 0.717) is 5.82 Å². The minimum absolute atomic E-state index is 0.674. The van der Waals surface area contributed by atoms with Crippen LogP contribution in [0.3, 0.4) is 0 Å². The lowest BCUT2D eigenvalue weighted by Gasteiger charge is -2.09. The van der Waals surface area contributed by atoms with E-state index in [1.54, 1.807) is 0 Å². The third-order valence-electron chi connectivity index (χ3n) is 3.63. The number of aromatic nitrogens is 2. The maximum absolute atomic E-state index is 5.91. The lowest BCUT2D eigenvalue weighted by atomic mass is 10.1. The van der Waals surface area contributed by atoms with Crippen molar-refractivity contribution in [2.45, 2.75) is 6.92 Å². The summed E-state index contributed by atoms with van der Waals surface area (Å²) in [6.45, 7) is 3.65. The predicted molar refractivity (Wildman–Crippen MR) is 101 cm³/mol. The molecule has 0 unspecified atom stereocenters. The van der Waals surface area contributed by atoms with Gasteiger partial charge in [-0.1, -0.05) is 41.4 Å². The average molecular weight is 340 g/mol. The molecule has 2 aromatic carbocycles.